The van der Waals surface area contributed by atoms with Crippen molar-refractivity contribution in [2.75, 3.05) is 0 Å². The van der Waals surface area contributed by atoms with Crippen LogP contribution in [0.5, 0.6) is 0 Å². The normalized spacial score (nSPS) is 20.4. The van der Waals surface area contributed by atoms with E-state index >= 15 is 0 Å². The summed E-state index contributed by atoms with van der Waals surface area (Å²) in [4.78, 5) is 11.4. The monoisotopic (exact) mass is 204 g/mol. The van der Waals surface area contributed by atoms with Crippen molar-refractivity contribution in [2.45, 2.75) is 6.42 Å². The molecule has 14 heavy (non-hydrogen) atoms. The summed E-state index contributed by atoms with van der Waals surface area (Å²) in [5.74, 6) is -0.122. The van der Waals surface area contributed by atoms with Gasteiger partial charge in [0.25, 0.3) is 0 Å². The van der Waals surface area contributed by atoms with Gasteiger partial charge >= 0.3 is 0 Å². The van der Waals surface area contributed by atoms with Gasteiger partial charge in [0.1, 0.15) is 0 Å². The molecule has 0 aromatic heterocycles. The molecule has 0 N–H and O–H groups in total. The third-order valence-corrected chi connectivity index (χ3v) is 2.45. The molecule has 0 atom stereocenters. The van der Waals surface area contributed by atoms with Gasteiger partial charge in [-0.1, -0.05) is 42.0 Å². The minimum Gasteiger partial charge on any atom is -0.288 e. The van der Waals surface area contributed by atoms with Gasteiger partial charge in [-0.3, -0.25) is 4.79 Å². The van der Waals surface area contributed by atoms with Gasteiger partial charge in [0.2, 0.25) is 0 Å². The molecule has 70 valence electrons. The number of carbonyl (C=O) groups excluding carboxylic acids is 1. The third kappa shape index (κ3) is 1.94. The lowest BCUT2D eigenvalue weighted by molar-refractivity contribution is -0.110. The maximum absolute atomic E-state index is 11.4. The van der Waals surface area contributed by atoms with Crippen molar-refractivity contribution in [3.63, 3.8) is 0 Å². The lowest BCUT2D eigenvalue weighted by Gasteiger charge is -2.04. The Morgan fingerprint density at radius 2 is 1.79 bits per heavy atom. The van der Waals surface area contributed by atoms with Gasteiger partial charge < -0.3 is 0 Å². The Kier molecular flexibility index (Phi) is 2.51. The molecule has 2 aliphatic rings. The van der Waals surface area contributed by atoms with E-state index < -0.39 is 0 Å². The summed E-state index contributed by atoms with van der Waals surface area (Å²) in [5.41, 5.74) is 2.16. The Morgan fingerprint density at radius 3 is 2.57 bits per heavy atom. The zero-order valence-corrected chi connectivity index (χ0v) is 8.29. The van der Waals surface area contributed by atoms with E-state index in [0.717, 1.165) is 17.6 Å². The summed E-state index contributed by atoms with van der Waals surface area (Å²) in [5, 5.41) is 0.267. The van der Waals surface area contributed by atoms with E-state index in [2.05, 4.69) is 0 Å². The number of hydrogen-bond acceptors (Lipinski definition) is 1. The van der Waals surface area contributed by atoms with Gasteiger partial charge in [0, 0.05) is 0 Å². The Hall–Kier alpha value is -1.34. The summed E-state index contributed by atoms with van der Waals surface area (Å²) in [6.45, 7) is 0. The van der Waals surface area contributed by atoms with Crippen LogP contribution >= 0.6 is 11.6 Å². The Balaban J connectivity index is 2.51. The molecule has 2 rings (SSSR count). The van der Waals surface area contributed by atoms with Gasteiger partial charge in [0.15, 0.2) is 5.78 Å². The summed E-state index contributed by atoms with van der Waals surface area (Å²) in [7, 11) is 0. The first-order valence-electron chi connectivity index (χ1n) is 4.42. The molecule has 0 unspecified atom stereocenters. The lowest BCUT2D eigenvalue weighted by atomic mass is 10.0. The van der Waals surface area contributed by atoms with Crippen LogP contribution in [-0.4, -0.2) is 5.78 Å². The number of allylic oxidation sites excluding steroid dienone is 10. The molecule has 2 heteroatoms. The highest BCUT2D eigenvalue weighted by Gasteiger charge is 2.09. The molecule has 0 spiro atoms. The molecule has 0 radical (unpaired) electrons. The van der Waals surface area contributed by atoms with Crippen LogP contribution < -0.4 is 0 Å². The summed E-state index contributed by atoms with van der Waals surface area (Å²) in [6.07, 6.45) is 13.8. The number of hydrogen-bond donors (Lipinski definition) is 0. The molecule has 0 saturated carbocycles. The van der Waals surface area contributed by atoms with E-state index in [1.807, 2.05) is 30.4 Å². The van der Waals surface area contributed by atoms with Crippen molar-refractivity contribution in [3.8, 4) is 0 Å². The van der Waals surface area contributed by atoms with E-state index in [4.69, 9.17) is 11.6 Å². The number of ketones is 1. The van der Waals surface area contributed by atoms with E-state index in [1.54, 1.807) is 12.2 Å². The molecule has 2 bridgehead atoms. The first-order valence-corrected chi connectivity index (χ1v) is 4.79. The van der Waals surface area contributed by atoms with E-state index in [1.165, 1.54) is 0 Å². The van der Waals surface area contributed by atoms with E-state index in [9.17, 15) is 4.79 Å². The second-order valence-corrected chi connectivity index (χ2v) is 3.64. The minimum atomic E-state index is -0.122. The van der Waals surface area contributed by atoms with Crippen molar-refractivity contribution in [2.24, 2.45) is 0 Å². The first-order chi connectivity index (χ1) is 6.75. The van der Waals surface area contributed by atoms with Crippen LogP contribution in [0.25, 0.3) is 0 Å². The van der Waals surface area contributed by atoms with Crippen molar-refractivity contribution in [1.29, 1.82) is 0 Å². The topological polar surface area (TPSA) is 17.1 Å². The van der Waals surface area contributed by atoms with Crippen LogP contribution in [0.15, 0.2) is 58.7 Å². The number of rotatable bonds is 0. The number of fused-ring (bicyclic) bond motifs is 2. The third-order valence-electron chi connectivity index (χ3n) is 2.14. The van der Waals surface area contributed by atoms with Gasteiger partial charge in [-0.2, -0.15) is 0 Å². The van der Waals surface area contributed by atoms with Crippen LogP contribution in [0.2, 0.25) is 0 Å². The molecule has 0 saturated heterocycles. The molecule has 0 amide bonds. The van der Waals surface area contributed by atoms with Crippen LogP contribution in [0.4, 0.5) is 0 Å². The Bertz CT molecular complexity index is 420. The summed E-state index contributed by atoms with van der Waals surface area (Å²) < 4.78 is 0. The second kappa shape index (κ2) is 3.81. The van der Waals surface area contributed by atoms with Crippen LogP contribution in [0.3, 0.4) is 0 Å². The highest BCUT2D eigenvalue weighted by Crippen LogP contribution is 2.21. The molecule has 0 aliphatic heterocycles. The van der Waals surface area contributed by atoms with Crippen molar-refractivity contribution < 1.29 is 4.79 Å². The average molecular weight is 205 g/mol. The fraction of sp³-hybridized carbons (Fsp3) is 0.0833. The number of carbonyl (C=O) groups is 1. The number of halogens is 1. The van der Waals surface area contributed by atoms with E-state index in [-0.39, 0.29) is 10.8 Å². The zero-order valence-electron chi connectivity index (χ0n) is 7.53. The first kappa shape index (κ1) is 9.22. The summed E-state index contributed by atoms with van der Waals surface area (Å²) in [6, 6.07) is 0. The maximum Gasteiger partial charge on any atom is 0.197 e. The summed E-state index contributed by atoms with van der Waals surface area (Å²) >= 11 is 5.78. The zero-order chi connectivity index (χ0) is 9.97. The molecule has 2 aliphatic carbocycles. The van der Waals surface area contributed by atoms with Gasteiger partial charge in [-0.15, -0.1) is 0 Å². The lowest BCUT2D eigenvalue weighted by Crippen LogP contribution is -1.97. The predicted molar refractivity (Wildman–Crippen MR) is 58.0 cm³/mol. The average Bonchev–Trinajstić information content (AvgIpc) is 2.38. The van der Waals surface area contributed by atoms with Gasteiger partial charge in [0.05, 0.1) is 5.03 Å². The SMILES string of the molecule is O=C1C=C2C=CC=CC(=CC=C1Cl)C2. The second-order valence-electron chi connectivity index (χ2n) is 3.23. The maximum atomic E-state index is 11.4. The molecule has 1 nitrogen and oxygen atoms in total. The van der Waals surface area contributed by atoms with Crippen LogP contribution in [0, 0.1) is 0 Å². The standard InChI is InChI=1S/C12H9ClO/c13-11-6-5-9-3-1-2-4-10(7-9)8-12(11)14/h1-6,8H,7H2. The highest BCUT2D eigenvalue weighted by atomic mass is 35.5. The molecule has 0 aromatic carbocycles. The van der Waals surface area contributed by atoms with Crippen LogP contribution in [0.1, 0.15) is 6.42 Å². The van der Waals surface area contributed by atoms with E-state index in [0.29, 0.717) is 0 Å². The fourth-order valence-electron chi connectivity index (χ4n) is 1.43. The molecule has 0 fully saturated rings. The predicted octanol–water partition coefficient (Wildman–Crippen LogP) is 3.06. The van der Waals surface area contributed by atoms with Crippen LogP contribution in [-0.2, 0) is 4.79 Å². The van der Waals surface area contributed by atoms with Gasteiger partial charge in [-0.25, -0.2) is 0 Å². The Morgan fingerprint density at radius 1 is 1.07 bits per heavy atom. The molecule has 0 aromatic rings. The Labute approximate surface area is 87.8 Å². The fourth-order valence-corrected chi connectivity index (χ4v) is 1.54. The van der Waals surface area contributed by atoms with Crippen molar-refractivity contribution in [1.82, 2.24) is 0 Å². The molecular weight excluding hydrogens is 196 g/mol. The minimum absolute atomic E-state index is 0.122. The van der Waals surface area contributed by atoms with Crippen molar-refractivity contribution >= 4 is 17.4 Å². The molecular formula is C12H9ClO. The molecule has 0 heterocycles. The largest absolute Gasteiger partial charge is 0.288 e. The smallest absolute Gasteiger partial charge is 0.197 e. The highest BCUT2D eigenvalue weighted by molar-refractivity contribution is 6.44. The quantitative estimate of drug-likeness (QED) is 0.593. The van der Waals surface area contributed by atoms with Gasteiger partial charge in [-0.05, 0) is 29.7 Å². The van der Waals surface area contributed by atoms with Crippen molar-refractivity contribution in [3.05, 3.63) is 58.7 Å².